The molecule has 0 aliphatic rings. The van der Waals surface area contributed by atoms with Gasteiger partial charge in [-0.3, -0.25) is 0 Å². The Labute approximate surface area is 119 Å². The maximum absolute atomic E-state index is 13.4. The molecule has 0 radical (unpaired) electrons. The van der Waals surface area contributed by atoms with Gasteiger partial charge in [-0.15, -0.1) is 0 Å². The van der Waals surface area contributed by atoms with Crippen LogP contribution in [0.15, 0.2) is 42.5 Å². The van der Waals surface area contributed by atoms with E-state index in [0.29, 0.717) is 5.69 Å². The van der Waals surface area contributed by atoms with Crippen molar-refractivity contribution in [2.75, 3.05) is 16.4 Å². The Morgan fingerprint density at radius 1 is 1.05 bits per heavy atom. The second-order valence-corrected chi connectivity index (χ2v) is 4.17. The number of carboxylic acid groups (broad SMARTS) is 1. The van der Waals surface area contributed by atoms with Crippen LogP contribution >= 0.6 is 0 Å². The second kappa shape index (κ2) is 5.91. The third-order valence-corrected chi connectivity index (χ3v) is 2.64. The van der Waals surface area contributed by atoms with Crippen LogP contribution in [0.4, 0.5) is 26.2 Å². The summed E-state index contributed by atoms with van der Waals surface area (Å²) in [7, 11) is 0. The van der Waals surface area contributed by atoms with Crippen LogP contribution in [0.1, 0.15) is 10.4 Å². The van der Waals surface area contributed by atoms with Crippen molar-refractivity contribution in [3.8, 4) is 0 Å². The molecule has 0 bridgehead atoms. The first-order valence-corrected chi connectivity index (χ1v) is 5.92. The molecule has 0 aromatic heterocycles. The lowest BCUT2D eigenvalue weighted by atomic mass is 10.1. The Hall–Kier alpha value is -3.09. The molecule has 0 heterocycles. The third kappa shape index (κ3) is 3.47. The molecule has 0 atom stereocenters. The Balaban J connectivity index is 2.18. The number of nitrogens with two attached hydrogens (primary N) is 1. The molecular weight excluding hydrogens is 277 g/mol. The Bertz CT molecular complexity index is 704. The van der Waals surface area contributed by atoms with E-state index in [2.05, 4.69) is 10.6 Å². The second-order valence-electron chi connectivity index (χ2n) is 4.17. The number of carbonyl (C=O) groups is 2. The highest BCUT2D eigenvalue weighted by Gasteiger charge is 2.13. The van der Waals surface area contributed by atoms with Crippen LogP contribution in [0.5, 0.6) is 0 Å². The standard InChI is InChI=1S/C14H12FN3O3/c15-10-3-1-2-4-11(10)17-14(21)18-12-7-8(16)5-6-9(12)13(19)20/h1-7H,16H2,(H,19,20)(H2,17,18,21). The van der Waals surface area contributed by atoms with Gasteiger partial charge in [-0.2, -0.15) is 0 Å². The molecule has 0 unspecified atom stereocenters. The van der Waals surface area contributed by atoms with Gasteiger partial charge >= 0.3 is 12.0 Å². The van der Waals surface area contributed by atoms with E-state index in [0.717, 1.165) is 0 Å². The van der Waals surface area contributed by atoms with Gasteiger partial charge in [0.1, 0.15) is 5.82 Å². The van der Waals surface area contributed by atoms with Crippen LogP contribution in [0.2, 0.25) is 0 Å². The molecule has 108 valence electrons. The highest BCUT2D eigenvalue weighted by Crippen LogP contribution is 2.20. The fraction of sp³-hybridized carbons (Fsp3) is 0. The van der Waals surface area contributed by atoms with E-state index in [-0.39, 0.29) is 16.9 Å². The number of nitrogen functional groups attached to an aromatic ring is 1. The van der Waals surface area contributed by atoms with Crippen molar-refractivity contribution >= 4 is 29.1 Å². The summed E-state index contributed by atoms with van der Waals surface area (Å²) < 4.78 is 13.4. The van der Waals surface area contributed by atoms with Crippen molar-refractivity contribution in [1.82, 2.24) is 0 Å². The van der Waals surface area contributed by atoms with Gasteiger partial charge in [0.15, 0.2) is 0 Å². The first-order valence-electron chi connectivity index (χ1n) is 5.92. The molecule has 0 aliphatic heterocycles. The first kappa shape index (κ1) is 14.3. The van der Waals surface area contributed by atoms with Crippen molar-refractivity contribution < 1.29 is 19.1 Å². The van der Waals surface area contributed by atoms with E-state index in [4.69, 9.17) is 10.8 Å². The van der Waals surface area contributed by atoms with Gasteiger partial charge in [0.05, 0.1) is 16.9 Å². The third-order valence-electron chi connectivity index (χ3n) is 2.64. The fourth-order valence-corrected chi connectivity index (χ4v) is 1.69. The smallest absolute Gasteiger partial charge is 0.337 e. The lowest BCUT2D eigenvalue weighted by Crippen LogP contribution is -2.21. The molecule has 2 rings (SSSR count). The number of aromatic carboxylic acids is 1. The number of carboxylic acids is 1. The van der Waals surface area contributed by atoms with Crippen LogP contribution in [0.3, 0.4) is 0 Å². The summed E-state index contributed by atoms with van der Waals surface area (Å²) in [5.41, 5.74) is 5.74. The summed E-state index contributed by atoms with van der Waals surface area (Å²) in [4.78, 5) is 22.9. The van der Waals surface area contributed by atoms with Crippen molar-refractivity contribution in [3.63, 3.8) is 0 Å². The minimum absolute atomic E-state index is 0.0178. The number of nitrogens with one attached hydrogen (secondary N) is 2. The molecule has 0 saturated carbocycles. The van der Waals surface area contributed by atoms with Gasteiger partial charge in [-0.05, 0) is 30.3 Å². The summed E-state index contributed by atoms with van der Waals surface area (Å²) in [5.74, 6) is -1.81. The summed E-state index contributed by atoms with van der Waals surface area (Å²) in [6.45, 7) is 0. The molecule has 2 aromatic rings. The van der Waals surface area contributed by atoms with Crippen molar-refractivity contribution in [3.05, 3.63) is 53.8 Å². The summed E-state index contributed by atoms with van der Waals surface area (Å²) in [6, 6.07) is 8.84. The molecule has 5 N–H and O–H groups in total. The van der Waals surface area contributed by atoms with E-state index < -0.39 is 17.8 Å². The molecule has 0 saturated heterocycles. The molecule has 2 aromatic carbocycles. The summed E-state index contributed by atoms with van der Waals surface area (Å²) in [6.07, 6.45) is 0. The van der Waals surface area contributed by atoms with E-state index >= 15 is 0 Å². The number of halogens is 1. The van der Waals surface area contributed by atoms with Crippen LogP contribution in [0, 0.1) is 5.82 Å². The SMILES string of the molecule is Nc1ccc(C(=O)O)c(NC(=O)Nc2ccccc2F)c1. The first-order chi connectivity index (χ1) is 9.97. The van der Waals surface area contributed by atoms with Gasteiger partial charge in [0.2, 0.25) is 0 Å². The van der Waals surface area contributed by atoms with Crippen molar-refractivity contribution in [1.29, 1.82) is 0 Å². The van der Waals surface area contributed by atoms with E-state index in [1.807, 2.05) is 0 Å². The zero-order valence-electron chi connectivity index (χ0n) is 10.8. The Morgan fingerprint density at radius 3 is 2.38 bits per heavy atom. The highest BCUT2D eigenvalue weighted by atomic mass is 19.1. The normalized spacial score (nSPS) is 9.95. The van der Waals surface area contributed by atoms with Crippen LogP contribution < -0.4 is 16.4 Å². The minimum atomic E-state index is -1.21. The number of benzene rings is 2. The predicted molar refractivity (Wildman–Crippen MR) is 76.9 cm³/mol. The molecule has 0 spiro atoms. The number of para-hydroxylation sites is 1. The molecule has 21 heavy (non-hydrogen) atoms. The van der Waals surface area contributed by atoms with Gasteiger partial charge in [0.25, 0.3) is 0 Å². The molecular formula is C14H12FN3O3. The lowest BCUT2D eigenvalue weighted by molar-refractivity contribution is 0.0698. The minimum Gasteiger partial charge on any atom is -0.478 e. The number of anilines is 3. The maximum Gasteiger partial charge on any atom is 0.337 e. The average molecular weight is 289 g/mol. The molecule has 2 amide bonds. The van der Waals surface area contributed by atoms with Gasteiger partial charge in [0, 0.05) is 5.69 Å². The summed E-state index contributed by atoms with van der Waals surface area (Å²) in [5, 5.41) is 13.6. The number of urea groups is 1. The molecule has 0 aliphatic carbocycles. The van der Waals surface area contributed by atoms with E-state index in [9.17, 15) is 14.0 Å². The Morgan fingerprint density at radius 2 is 1.71 bits per heavy atom. The predicted octanol–water partition coefficient (Wildman–Crippen LogP) is 2.75. The van der Waals surface area contributed by atoms with Crippen molar-refractivity contribution in [2.24, 2.45) is 0 Å². The van der Waals surface area contributed by atoms with Crippen LogP contribution in [0.25, 0.3) is 0 Å². The summed E-state index contributed by atoms with van der Waals surface area (Å²) >= 11 is 0. The quantitative estimate of drug-likeness (QED) is 0.652. The highest BCUT2D eigenvalue weighted by molar-refractivity contribution is 6.05. The van der Waals surface area contributed by atoms with Gasteiger partial charge in [-0.1, -0.05) is 12.1 Å². The van der Waals surface area contributed by atoms with E-state index in [1.54, 1.807) is 6.07 Å². The Kier molecular flexibility index (Phi) is 4.03. The number of amides is 2. The average Bonchev–Trinajstić information content (AvgIpc) is 2.41. The molecule has 0 fully saturated rings. The zero-order valence-corrected chi connectivity index (χ0v) is 10.8. The van der Waals surface area contributed by atoms with Gasteiger partial charge in [-0.25, -0.2) is 14.0 Å². The number of hydrogen-bond donors (Lipinski definition) is 4. The van der Waals surface area contributed by atoms with Gasteiger partial charge < -0.3 is 21.5 Å². The maximum atomic E-state index is 13.4. The monoisotopic (exact) mass is 289 g/mol. The zero-order chi connectivity index (χ0) is 15.4. The molecule has 6 nitrogen and oxygen atoms in total. The van der Waals surface area contributed by atoms with Crippen LogP contribution in [-0.2, 0) is 0 Å². The largest absolute Gasteiger partial charge is 0.478 e. The molecule has 7 heteroatoms. The van der Waals surface area contributed by atoms with E-state index in [1.165, 1.54) is 36.4 Å². The van der Waals surface area contributed by atoms with Crippen LogP contribution in [-0.4, -0.2) is 17.1 Å². The fourth-order valence-electron chi connectivity index (χ4n) is 1.69. The topological polar surface area (TPSA) is 104 Å². The lowest BCUT2D eigenvalue weighted by Gasteiger charge is -2.11. The number of hydrogen-bond acceptors (Lipinski definition) is 3. The van der Waals surface area contributed by atoms with Crippen molar-refractivity contribution in [2.45, 2.75) is 0 Å². The number of carbonyl (C=O) groups excluding carboxylic acids is 1. The number of rotatable bonds is 3.